The molecule has 0 saturated heterocycles. The van der Waals surface area contributed by atoms with Gasteiger partial charge in [0.1, 0.15) is 5.82 Å². The van der Waals surface area contributed by atoms with E-state index in [1.54, 1.807) is 30.9 Å². The van der Waals surface area contributed by atoms with E-state index >= 15 is 0 Å². The number of rotatable bonds is 9. The van der Waals surface area contributed by atoms with Gasteiger partial charge in [0.05, 0.1) is 30.5 Å². The molecule has 40 heavy (non-hydrogen) atoms. The van der Waals surface area contributed by atoms with Gasteiger partial charge in [-0.15, -0.1) is 0 Å². The fourth-order valence-corrected chi connectivity index (χ4v) is 2.89. The van der Waals surface area contributed by atoms with E-state index in [0.717, 1.165) is 11.3 Å². The molecule has 0 bridgehead atoms. The Kier molecular flexibility index (Phi) is 15.4. The summed E-state index contributed by atoms with van der Waals surface area (Å²) in [6.45, 7) is 11.8. The highest BCUT2D eigenvalue weighted by atomic mass is 19.1. The molecule has 0 aliphatic rings. The van der Waals surface area contributed by atoms with Crippen molar-refractivity contribution >= 4 is 17.7 Å². The van der Waals surface area contributed by atoms with Crippen LogP contribution in [0.2, 0.25) is 0 Å². The number of halogens is 1. The predicted molar refractivity (Wildman–Crippen MR) is 158 cm³/mol. The molecule has 0 fully saturated rings. The first-order valence-corrected chi connectivity index (χ1v) is 13.3. The van der Waals surface area contributed by atoms with Gasteiger partial charge in [-0.2, -0.15) is 5.10 Å². The summed E-state index contributed by atoms with van der Waals surface area (Å²) < 4.78 is 14.7. The number of hydrogen-bond donors (Lipinski definition) is 3. The van der Waals surface area contributed by atoms with Crippen LogP contribution in [0.25, 0.3) is 0 Å². The van der Waals surface area contributed by atoms with Gasteiger partial charge in [-0.25, -0.2) is 4.39 Å². The Morgan fingerprint density at radius 2 is 1.62 bits per heavy atom. The molecule has 3 heterocycles. The molecule has 11 heteroatoms. The second kappa shape index (κ2) is 18.2. The van der Waals surface area contributed by atoms with Gasteiger partial charge in [-0.05, 0) is 36.8 Å². The number of amides is 3. The minimum Gasteiger partial charge on any atom is -0.350 e. The number of aromatic nitrogens is 4. The molecule has 10 nitrogen and oxygen atoms in total. The molecule has 224 valence electrons. The Balaban J connectivity index is -0.000000541. The highest BCUT2D eigenvalue weighted by Gasteiger charge is 2.12. The maximum absolute atomic E-state index is 13.0. The summed E-state index contributed by atoms with van der Waals surface area (Å²) in [5.41, 5.74) is 2.18. The van der Waals surface area contributed by atoms with Crippen molar-refractivity contribution in [1.82, 2.24) is 35.7 Å². The van der Waals surface area contributed by atoms with Crippen molar-refractivity contribution in [3.63, 3.8) is 0 Å². The van der Waals surface area contributed by atoms with E-state index in [1.165, 1.54) is 18.3 Å². The summed E-state index contributed by atoms with van der Waals surface area (Å²) in [5.74, 6) is -0.440. The molecule has 1 atom stereocenters. The summed E-state index contributed by atoms with van der Waals surface area (Å²) in [4.78, 5) is 41.2. The molecule has 0 aliphatic heterocycles. The number of carbonyl (C=O) groups is 3. The van der Waals surface area contributed by atoms with Crippen LogP contribution in [-0.4, -0.2) is 37.5 Å². The first-order chi connectivity index (χ1) is 18.9. The van der Waals surface area contributed by atoms with Crippen LogP contribution in [0.5, 0.6) is 0 Å². The van der Waals surface area contributed by atoms with E-state index in [2.05, 4.69) is 31.0 Å². The third-order valence-electron chi connectivity index (χ3n) is 5.41. The van der Waals surface area contributed by atoms with E-state index in [0.29, 0.717) is 13.0 Å². The first kappa shape index (κ1) is 33.9. The number of pyridine rings is 2. The van der Waals surface area contributed by atoms with Gasteiger partial charge < -0.3 is 16.0 Å². The zero-order valence-electron chi connectivity index (χ0n) is 24.4. The molecule has 0 aromatic carbocycles. The van der Waals surface area contributed by atoms with Crippen LogP contribution in [0, 0.1) is 17.7 Å². The van der Waals surface area contributed by atoms with Crippen LogP contribution in [0.3, 0.4) is 0 Å². The van der Waals surface area contributed by atoms with Crippen molar-refractivity contribution in [2.24, 2.45) is 18.9 Å². The van der Waals surface area contributed by atoms with Crippen molar-refractivity contribution < 1.29 is 23.1 Å². The molecule has 3 amide bonds. The molecular weight excluding hydrogens is 513 g/mol. The zero-order chi connectivity index (χ0) is 30.1. The van der Waals surface area contributed by atoms with E-state index in [4.69, 9.17) is 0 Å². The predicted octanol–water partition coefficient (Wildman–Crippen LogP) is 4.59. The average Bonchev–Trinajstić information content (AvgIpc) is 3.37. The number of hydrogen-bond acceptors (Lipinski definition) is 6. The average molecular weight is 562 g/mol. The molecule has 0 aliphatic carbocycles. The fourth-order valence-electron chi connectivity index (χ4n) is 2.89. The Bertz CT molecular complexity index is 1200. The molecule has 3 aromatic rings. The number of nitrogens with zero attached hydrogens (tertiary/aromatic N) is 4. The van der Waals surface area contributed by atoms with Gasteiger partial charge in [-0.1, -0.05) is 40.7 Å². The fraction of sp³-hybridized carbons (Fsp3) is 0.448. The van der Waals surface area contributed by atoms with Gasteiger partial charge in [0.25, 0.3) is 0 Å². The Morgan fingerprint density at radius 3 is 2.15 bits per heavy atom. The smallest absolute Gasteiger partial charge is 0.223 e. The van der Waals surface area contributed by atoms with Gasteiger partial charge in [0.2, 0.25) is 17.7 Å². The van der Waals surface area contributed by atoms with E-state index in [9.17, 15) is 18.8 Å². The Hall–Kier alpha value is -4.15. The summed E-state index contributed by atoms with van der Waals surface area (Å²) >= 11 is 0. The van der Waals surface area contributed by atoms with Crippen molar-refractivity contribution in [3.8, 4) is 0 Å². The largest absolute Gasteiger partial charge is 0.350 e. The Labute approximate surface area is 240 Å². The summed E-state index contributed by atoms with van der Waals surface area (Å²) in [6.07, 6.45) is 7.37. The maximum Gasteiger partial charge on any atom is 0.223 e. The lowest BCUT2D eigenvalue weighted by atomic mass is 10.1. The molecule has 3 rings (SSSR count). The molecule has 3 N–H and O–H groups in total. The number of carbonyl (C=O) groups excluding carboxylic acids is 3. The zero-order valence-corrected chi connectivity index (χ0v) is 24.4. The van der Waals surface area contributed by atoms with E-state index in [-0.39, 0.29) is 52.1 Å². The van der Waals surface area contributed by atoms with Gasteiger partial charge in [0, 0.05) is 54.4 Å². The second-order valence-electron chi connectivity index (χ2n) is 9.59. The van der Waals surface area contributed by atoms with Gasteiger partial charge in [-0.3, -0.25) is 29.0 Å². The molecule has 3 aromatic heterocycles. The third-order valence-corrected chi connectivity index (χ3v) is 5.41. The van der Waals surface area contributed by atoms with Crippen molar-refractivity contribution in [2.75, 3.05) is 0 Å². The maximum atomic E-state index is 13.0. The van der Waals surface area contributed by atoms with Crippen LogP contribution >= 0.6 is 0 Å². The Morgan fingerprint density at radius 1 is 0.950 bits per heavy atom. The van der Waals surface area contributed by atoms with Crippen LogP contribution in [0.4, 0.5) is 4.39 Å². The minimum absolute atomic E-state index is 0. The molecular formula is C29H48FN7O3. The van der Waals surface area contributed by atoms with Crippen molar-refractivity contribution in [1.29, 1.82) is 0 Å². The number of nitrogens with one attached hydrogen (secondary N) is 3. The van der Waals surface area contributed by atoms with Gasteiger partial charge in [0.15, 0.2) is 0 Å². The molecule has 0 radical (unpaired) electrons. The minimum atomic E-state index is -0.392. The lowest BCUT2D eigenvalue weighted by Gasteiger charge is -2.15. The normalized spacial score (nSPS) is 10.9. The first-order valence-electron chi connectivity index (χ1n) is 13.3. The molecule has 0 unspecified atom stereocenters. The quantitative estimate of drug-likeness (QED) is 0.350. The third kappa shape index (κ3) is 13.6. The van der Waals surface area contributed by atoms with Crippen molar-refractivity contribution in [2.45, 2.75) is 67.1 Å². The van der Waals surface area contributed by atoms with E-state index in [1.807, 2.05) is 59.1 Å². The second-order valence-corrected chi connectivity index (χ2v) is 9.59. The lowest BCUT2D eigenvalue weighted by Crippen LogP contribution is -2.30. The van der Waals surface area contributed by atoms with Crippen LogP contribution in [-0.2, 0) is 34.5 Å². The van der Waals surface area contributed by atoms with E-state index < -0.39 is 5.82 Å². The summed E-state index contributed by atoms with van der Waals surface area (Å²) in [6, 6.07) is 8.58. The summed E-state index contributed by atoms with van der Waals surface area (Å²) in [5, 5.41) is 12.4. The lowest BCUT2D eigenvalue weighted by molar-refractivity contribution is -0.125. The molecule has 0 spiro atoms. The topological polar surface area (TPSA) is 131 Å². The highest BCUT2D eigenvalue weighted by Crippen LogP contribution is 2.10. The van der Waals surface area contributed by atoms with Crippen molar-refractivity contribution in [3.05, 3.63) is 77.9 Å². The van der Waals surface area contributed by atoms with Crippen LogP contribution in [0.15, 0.2) is 55.1 Å². The van der Waals surface area contributed by atoms with Crippen LogP contribution < -0.4 is 16.0 Å². The van der Waals surface area contributed by atoms with Gasteiger partial charge >= 0.3 is 0 Å². The van der Waals surface area contributed by atoms with Crippen LogP contribution in [0.1, 0.15) is 75.2 Å². The monoisotopic (exact) mass is 561 g/mol. The summed E-state index contributed by atoms with van der Waals surface area (Å²) in [7, 11) is 1.85. The standard InChI is InChI=1S/C11H16N2O.C10H13FN2O.C8H13N3O.3H2/c1-8(2)11(14)13-9(3)10-5-4-6-12-7-10;1-7(2)10(14)13-6-9-8(11)4-3-5-12-9;1-3-8(12)9-6-7-4-5-11(2)10-7;;;/h4-9H,1-3H3,(H,13,14);3-5,7H,6H2,1-2H3,(H,13,14);4-5H,3,6H2,1-2H3,(H,9,12);3*1H/t9-;;;;;/m0...../s1. The SMILES string of the molecule is CC(C)C(=O)NCc1ncccc1F.CC(C)C(=O)N[C@@H](C)c1cccnc1.CCC(=O)NCc1ccn(C)n1.[HH].[HH].[HH]. The highest BCUT2D eigenvalue weighted by molar-refractivity contribution is 5.78. The molecule has 0 saturated carbocycles. The number of aryl methyl sites for hydroxylation is 1.